The van der Waals surface area contributed by atoms with Crippen LogP contribution in [0.2, 0.25) is 0 Å². The first-order chi connectivity index (χ1) is 14.2. The van der Waals surface area contributed by atoms with Crippen molar-refractivity contribution in [3.05, 3.63) is 54.5 Å². The van der Waals surface area contributed by atoms with Crippen LogP contribution in [0, 0.1) is 0 Å². The van der Waals surface area contributed by atoms with Crippen molar-refractivity contribution in [2.75, 3.05) is 18.0 Å². The van der Waals surface area contributed by atoms with Gasteiger partial charge in [0.05, 0.1) is 17.5 Å². The molecule has 0 bridgehead atoms. The Balaban J connectivity index is 1.34. The van der Waals surface area contributed by atoms with E-state index in [9.17, 15) is 4.79 Å². The van der Waals surface area contributed by atoms with Crippen LogP contribution in [-0.4, -0.2) is 51.1 Å². The fourth-order valence-electron chi connectivity index (χ4n) is 4.77. The highest BCUT2D eigenvalue weighted by molar-refractivity contribution is 5.87. The number of aromatic nitrogens is 3. The van der Waals surface area contributed by atoms with Gasteiger partial charge in [-0.2, -0.15) is 0 Å². The number of H-pyrrole nitrogens is 1. The lowest BCUT2D eigenvalue weighted by atomic mass is 9.97. The molecular formula is C22H25N5O2. The summed E-state index contributed by atoms with van der Waals surface area (Å²) in [6, 6.07) is 12.3. The molecule has 0 spiro atoms. The van der Waals surface area contributed by atoms with Gasteiger partial charge in [0, 0.05) is 19.3 Å². The first-order valence-electron chi connectivity index (χ1n) is 10.3. The Morgan fingerprint density at radius 2 is 2.00 bits per heavy atom. The quantitative estimate of drug-likeness (QED) is 0.733. The minimum atomic E-state index is -0.261. The number of rotatable bonds is 3. The number of benzene rings is 1. The van der Waals surface area contributed by atoms with Crippen molar-refractivity contribution in [2.45, 2.75) is 44.4 Å². The number of nitrogens with one attached hydrogen (secondary N) is 1. The normalized spacial score (nSPS) is 22.5. The summed E-state index contributed by atoms with van der Waals surface area (Å²) in [7, 11) is 0. The summed E-state index contributed by atoms with van der Waals surface area (Å²) >= 11 is 0. The predicted octanol–water partition coefficient (Wildman–Crippen LogP) is 3.90. The minimum absolute atomic E-state index is 0.156. The summed E-state index contributed by atoms with van der Waals surface area (Å²) in [5, 5.41) is 1.03. The lowest BCUT2D eigenvalue weighted by Crippen LogP contribution is -2.52. The summed E-state index contributed by atoms with van der Waals surface area (Å²) in [5.41, 5.74) is 1.86. The number of ether oxygens (including phenoxy) is 1. The average molecular weight is 391 g/mol. The number of nitrogens with zero attached hydrogens (tertiary/aromatic N) is 4. The van der Waals surface area contributed by atoms with E-state index in [0.29, 0.717) is 0 Å². The molecule has 5 rings (SSSR count). The number of aromatic amines is 1. The van der Waals surface area contributed by atoms with E-state index < -0.39 is 0 Å². The second kappa shape index (κ2) is 7.39. The van der Waals surface area contributed by atoms with Gasteiger partial charge in [0.1, 0.15) is 23.9 Å². The summed E-state index contributed by atoms with van der Waals surface area (Å²) in [5.74, 6) is 0.955. The van der Waals surface area contributed by atoms with Crippen LogP contribution < -0.4 is 4.90 Å². The van der Waals surface area contributed by atoms with Gasteiger partial charge in [0.2, 0.25) is 0 Å². The lowest BCUT2D eigenvalue weighted by Gasteiger charge is -2.40. The molecule has 1 N–H and O–H groups in total. The maximum atomic E-state index is 13.0. The van der Waals surface area contributed by atoms with Gasteiger partial charge in [-0.3, -0.25) is 0 Å². The Kier molecular flexibility index (Phi) is 4.58. The third-order valence-corrected chi connectivity index (χ3v) is 6.20. The highest BCUT2D eigenvalue weighted by Crippen LogP contribution is 2.36. The molecule has 0 saturated carbocycles. The number of anilines is 1. The lowest BCUT2D eigenvalue weighted by molar-refractivity contribution is 0.0464. The van der Waals surface area contributed by atoms with E-state index in [4.69, 9.17) is 4.74 Å². The van der Waals surface area contributed by atoms with E-state index in [0.717, 1.165) is 54.8 Å². The van der Waals surface area contributed by atoms with Crippen molar-refractivity contribution in [1.82, 2.24) is 19.9 Å². The van der Waals surface area contributed by atoms with E-state index in [2.05, 4.69) is 19.9 Å². The van der Waals surface area contributed by atoms with Crippen molar-refractivity contribution in [3.63, 3.8) is 0 Å². The van der Waals surface area contributed by atoms with E-state index in [1.807, 2.05) is 54.4 Å². The molecule has 2 aromatic heterocycles. The van der Waals surface area contributed by atoms with Gasteiger partial charge in [-0.25, -0.2) is 14.8 Å². The molecule has 0 radical (unpaired) electrons. The van der Waals surface area contributed by atoms with Crippen LogP contribution in [0.4, 0.5) is 10.6 Å². The number of piperidine rings is 1. The summed E-state index contributed by atoms with van der Waals surface area (Å²) in [4.78, 5) is 29.3. The molecule has 4 heterocycles. The Hall–Kier alpha value is -3.09. The summed E-state index contributed by atoms with van der Waals surface area (Å²) in [6.45, 7) is 3.56. The molecule has 7 heteroatoms. The van der Waals surface area contributed by atoms with Crippen LogP contribution in [0.1, 0.15) is 37.9 Å². The largest absolute Gasteiger partial charge is 0.442 e. The van der Waals surface area contributed by atoms with Crippen LogP contribution in [0.3, 0.4) is 0 Å². The molecule has 2 aliphatic rings. The van der Waals surface area contributed by atoms with Crippen molar-refractivity contribution in [1.29, 1.82) is 0 Å². The molecule has 7 nitrogen and oxygen atoms in total. The Morgan fingerprint density at radius 3 is 2.86 bits per heavy atom. The first-order valence-corrected chi connectivity index (χ1v) is 10.3. The third-order valence-electron chi connectivity index (χ3n) is 6.20. The molecule has 2 aliphatic heterocycles. The van der Waals surface area contributed by atoms with Crippen LogP contribution >= 0.6 is 0 Å². The fraction of sp³-hybridized carbons (Fsp3) is 0.409. The monoisotopic (exact) mass is 391 g/mol. The molecule has 0 aliphatic carbocycles. The predicted molar refractivity (Wildman–Crippen MR) is 111 cm³/mol. The number of hydrogen-bond donors (Lipinski definition) is 1. The molecular weight excluding hydrogens is 366 g/mol. The van der Waals surface area contributed by atoms with Crippen molar-refractivity contribution in [2.24, 2.45) is 0 Å². The first kappa shape index (κ1) is 18.0. The Labute approximate surface area is 169 Å². The van der Waals surface area contributed by atoms with Gasteiger partial charge in [-0.15, -0.1) is 0 Å². The highest BCUT2D eigenvalue weighted by Gasteiger charge is 2.43. The molecule has 150 valence electrons. The number of carbonyl (C=O) groups is 1. The van der Waals surface area contributed by atoms with Crippen LogP contribution in [0.25, 0.3) is 11.0 Å². The fourth-order valence-corrected chi connectivity index (χ4v) is 4.77. The van der Waals surface area contributed by atoms with E-state index in [1.165, 1.54) is 0 Å². The molecule has 3 atom stereocenters. The topological polar surface area (TPSA) is 74.3 Å². The third kappa shape index (κ3) is 3.20. The highest BCUT2D eigenvalue weighted by atomic mass is 16.6. The van der Waals surface area contributed by atoms with Crippen LogP contribution in [-0.2, 0) is 4.74 Å². The number of carbonyl (C=O) groups excluding carboxylic acids is 1. The second-order valence-electron chi connectivity index (χ2n) is 7.83. The summed E-state index contributed by atoms with van der Waals surface area (Å²) < 4.78 is 5.82. The maximum absolute atomic E-state index is 13.0. The van der Waals surface area contributed by atoms with Crippen LogP contribution in [0.15, 0.2) is 48.9 Å². The zero-order valence-electron chi connectivity index (χ0n) is 16.5. The van der Waals surface area contributed by atoms with E-state index >= 15 is 0 Å². The SMILES string of the molecule is C[C@H](OC(=O)N1CCCC2C1CCN2c1ncnc2[nH]ccc12)c1ccccc1. The molecule has 2 saturated heterocycles. The minimum Gasteiger partial charge on any atom is -0.442 e. The molecule has 3 aromatic rings. The van der Waals surface area contributed by atoms with Crippen molar-refractivity contribution in [3.8, 4) is 0 Å². The van der Waals surface area contributed by atoms with Gasteiger partial charge < -0.3 is 19.5 Å². The number of hydrogen-bond acceptors (Lipinski definition) is 5. The zero-order chi connectivity index (χ0) is 19.8. The van der Waals surface area contributed by atoms with E-state index in [1.54, 1.807) is 6.33 Å². The number of fused-ring (bicyclic) bond motifs is 2. The molecule has 2 unspecified atom stereocenters. The molecule has 2 fully saturated rings. The Morgan fingerprint density at radius 1 is 1.14 bits per heavy atom. The van der Waals surface area contributed by atoms with Gasteiger partial charge in [-0.05, 0) is 37.8 Å². The van der Waals surface area contributed by atoms with Crippen molar-refractivity contribution >= 4 is 22.9 Å². The molecule has 29 heavy (non-hydrogen) atoms. The Bertz CT molecular complexity index is 1000. The van der Waals surface area contributed by atoms with Gasteiger partial charge >= 0.3 is 6.09 Å². The van der Waals surface area contributed by atoms with E-state index in [-0.39, 0.29) is 24.3 Å². The maximum Gasteiger partial charge on any atom is 0.410 e. The zero-order valence-corrected chi connectivity index (χ0v) is 16.5. The summed E-state index contributed by atoms with van der Waals surface area (Å²) in [6.07, 6.45) is 5.97. The van der Waals surface area contributed by atoms with Crippen molar-refractivity contribution < 1.29 is 9.53 Å². The van der Waals surface area contributed by atoms with Gasteiger partial charge in [-0.1, -0.05) is 30.3 Å². The van der Waals surface area contributed by atoms with Crippen LogP contribution in [0.5, 0.6) is 0 Å². The molecule has 1 aromatic carbocycles. The smallest absolute Gasteiger partial charge is 0.410 e. The van der Waals surface area contributed by atoms with Gasteiger partial charge in [0.15, 0.2) is 0 Å². The number of amides is 1. The standard InChI is InChI=1S/C22H25N5O2/c1-15(16-6-3-2-4-7-16)29-22(28)27-12-5-8-18-19(27)10-13-26(18)21-17-9-11-23-20(17)24-14-25-21/h2-4,6-7,9,11,14-15,18-19H,5,8,10,12-13H2,1H3,(H,23,24,25)/t15-,18?,19?/m0/s1. The second-order valence-corrected chi connectivity index (χ2v) is 7.83. The number of likely N-dealkylation sites (tertiary alicyclic amines) is 1. The van der Waals surface area contributed by atoms with Gasteiger partial charge in [0.25, 0.3) is 0 Å². The average Bonchev–Trinajstić information content (AvgIpc) is 3.41. The molecule has 1 amide bonds.